The molecule has 6 rings (SSSR count). The summed E-state index contributed by atoms with van der Waals surface area (Å²) in [5.74, 6) is 0. The van der Waals surface area contributed by atoms with Crippen LogP contribution in [0.4, 0.5) is 0 Å². The van der Waals surface area contributed by atoms with E-state index in [0.717, 1.165) is 12.8 Å². The molecule has 31 heavy (non-hydrogen) atoms. The molecule has 0 atom stereocenters. The summed E-state index contributed by atoms with van der Waals surface area (Å²) in [6, 6.07) is 32.1. The van der Waals surface area contributed by atoms with Gasteiger partial charge in [0.15, 0.2) is 0 Å². The van der Waals surface area contributed by atoms with E-state index in [9.17, 15) is 0 Å². The van der Waals surface area contributed by atoms with Gasteiger partial charge in [0.05, 0.1) is 0 Å². The maximum absolute atomic E-state index is 3.64. The van der Waals surface area contributed by atoms with E-state index in [4.69, 9.17) is 0 Å². The molecule has 2 aliphatic rings. The Balaban J connectivity index is 1.63. The van der Waals surface area contributed by atoms with Crippen LogP contribution in [0.15, 0.2) is 84.9 Å². The van der Waals surface area contributed by atoms with Gasteiger partial charge in [-0.2, -0.15) is 0 Å². The van der Waals surface area contributed by atoms with Crippen molar-refractivity contribution >= 4 is 10.3 Å². The molecule has 0 N–H and O–H groups in total. The van der Waals surface area contributed by atoms with Gasteiger partial charge in [-0.05, 0) is 0 Å². The fourth-order valence-corrected chi connectivity index (χ4v) is 17.1. The van der Waals surface area contributed by atoms with Gasteiger partial charge in [0.2, 0.25) is 0 Å². The molecule has 2 aliphatic carbocycles. The van der Waals surface area contributed by atoms with Gasteiger partial charge in [-0.15, -0.1) is 0 Å². The molecule has 0 saturated carbocycles. The molecule has 0 heterocycles. The molecule has 4 aromatic rings. The Morgan fingerprint density at radius 1 is 0.548 bits per heavy atom. The third kappa shape index (κ3) is 2.60. The zero-order valence-corrected chi connectivity index (χ0v) is 21.0. The molecule has 0 radical (unpaired) electrons. The average Bonchev–Trinajstić information content (AvgIpc) is 3.37. The summed E-state index contributed by atoms with van der Waals surface area (Å²) in [7, 11) is 0. The molecular weight excluding hydrogens is 452 g/mol. The van der Waals surface area contributed by atoms with Gasteiger partial charge in [0.1, 0.15) is 0 Å². The summed E-state index contributed by atoms with van der Waals surface area (Å²) in [4.78, 5) is 0. The number of fused-ring (bicyclic) bond motifs is 6. The van der Waals surface area contributed by atoms with Gasteiger partial charge in [0.25, 0.3) is 0 Å². The van der Waals surface area contributed by atoms with Gasteiger partial charge in [-0.25, -0.2) is 0 Å². The van der Waals surface area contributed by atoms with Crippen molar-refractivity contribution in [3.63, 3.8) is 0 Å². The second-order valence-electron chi connectivity index (χ2n) is 10.1. The molecule has 0 nitrogen and oxygen atoms in total. The predicted octanol–water partition coefficient (Wildman–Crippen LogP) is 6.39. The summed E-state index contributed by atoms with van der Waals surface area (Å²) in [6.07, 6.45) is 2.13. The monoisotopic (exact) mass is 478 g/mol. The van der Waals surface area contributed by atoms with Gasteiger partial charge in [-0.1, -0.05) is 0 Å². The molecule has 0 spiro atoms. The van der Waals surface area contributed by atoms with Crippen molar-refractivity contribution in [1.29, 1.82) is 0 Å². The summed E-state index contributed by atoms with van der Waals surface area (Å²) in [5.41, 5.74) is 11.9. The third-order valence-electron chi connectivity index (χ3n) is 8.23. The van der Waals surface area contributed by atoms with Crippen molar-refractivity contribution in [2.45, 2.75) is 29.0 Å². The number of rotatable bonds is 2. The molecule has 0 aliphatic heterocycles. The summed E-state index contributed by atoms with van der Waals surface area (Å²) >= 11 is -3.64. The first-order valence-electron chi connectivity index (χ1n) is 11.4. The molecule has 0 fully saturated rings. The van der Waals surface area contributed by atoms with Crippen LogP contribution >= 0.6 is 0 Å². The van der Waals surface area contributed by atoms with Crippen molar-refractivity contribution in [3.8, 4) is 22.3 Å². The number of hydrogen-bond acceptors (Lipinski definition) is 0. The van der Waals surface area contributed by atoms with Crippen LogP contribution in [0, 0.1) is 0 Å². The van der Waals surface area contributed by atoms with Crippen LogP contribution in [0.1, 0.15) is 29.2 Å². The fraction of sp³-hybridized carbons (Fsp3) is 0.167. The van der Waals surface area contributed by atoms with Crippen LogP contribution in [0.3, 0.4) is 0 Å². The first-order chi connectivity index (χ1) is 15.0. The zero-order chi connectivity index (χ0) is 21.2. The maximum atomic E-state index is 2.64. The average molecular weight is 480 g/mol. The van der Waals surface area contributed by atoms with Crippen LogP contribution in [-0.2, 0) is 31.1 Å². The molecule has 0 bridgehead atoms. The Kier molecular flexibility index (Phi) is 4.09. The minimum atomic E-state index is -3.64. The van der Waals surface area contributed by atoms with Crippen LogP contribution in [-0.4, -0.2) is 3.71 Å². The Morgan fingerprint density at radius 2 is 0.968 bits per heavy atom. The van der Waals surface area contributed by atoms with Gasteiger partial charge in [-0.3, -0.25) is 0 Å². The second-order valence-corrected chi connectivity index (χ2v) is 26.4. The van der Waals surface area contributed by atoms with E-state index in [0.29, 0.717) is 0 Å². The predicted molar refractivity (Wildman–Crippen MR) is 132 cm³/mol. The zero-order valence-electron chi connectivity index (χ0n) is 18.6. The topological polar surface area (TPSA) is 0 Å². The molecule has 152 valence electrons. The van der Waals surface area contributed by atoms with E-state index in [1.165, 1.54) is 33.4 Å². The Labute approximate surface area is 186 Å². The SMILES string of the molecule is C[CH]=[Zr]([CH3])([CH3])([c]1cccc2c1Cc1ccccc1-2)[c]1cccc2c1Cc1ccccc1-2. The second kappa shape index (κ2) is 6.57. The van der Waals surface area contributed by atoms with Crippen molar-refractivity contribution in [2.75, 3.05) is 0 Å². The van der Waals surface area contributed by atoms with E-state index in [-0.39, 0.29) is 0 Å². The number of benzene rings is 4. The van der Waals surface area contributed by atoms with Crippen molar-refractivity contribution in [3.05, 3.63) is 107 Å². The first-order valence-corrected chi connectivity index (χ1v) is 20.2. The first kappa shape index (κ1) is 19.3. The third-order valence-corrected chi connectivity index (χ3v) is 22.9. The Morgan fingerprint density at radius 3 is 1.42 bits per heavy atom. The van der Waals surface area contributed by atoms with Gasteiger partial charge < -0.3 is 0 Å². The molecule has 0 saturated heterocycles. The van der Waals surface area contributed by atoms with E-state index in [2.05, 4.69) is 105 Å². The molecular formula is C30H28Zr. The Bertz CT molecular complexity index is 1340. The van der Waals surface area contributed by atoms with Crippen molar-refractivity contribution in [2.24, 2.45) is 0 Å². The fourth-order valence-electron chi connectivity index (χ4n) is 6.21. The Hall–Kier alpha value is -2.37. The van der Waals surface area contributed by atoms with Crippen LogP contribution in [0.25, 0.3) is 22.3 Å². The van der Waals surface area contributed by atoms with Gasteiger partial charge >= 0.3 is 187 Å². The normalized spacial score (nSPS) is 13.9. The van der Waals surface area contributed by atoms with E-state index < -0.39 is 18.3 Å². The van der Waals surface area contributed by atoms with Crippen LogP contribution < -0.4 is 6.54 Å². The van der Waals surface area contributed by atoms with Crippen LogP contribution in [0.2, 0.25) is 9.26 Å². The molecule has 0 aromatic heterocycles. The molecule has 4 aromatic carbocycles. The van der Waals surface area contributed by atoms with Crippen LogP contribution in [0.5, 0.6) is 0 Å². The molecule has 1 heteroatoms. The molecule has 0 unspecified atom stereocenters. The van der Waals surface area contributed by atoms with E-state index in [1.807, 2.05) is 0 Å². The summed E-state index contributed by atoms with van der Waals surface area (Å²) in [6.45, 7) is 2.33. The van der Waals surface area contributed by atoms with E-state index in [1.54, 1.807) is 17.7 Å². The van der Waals surface area contributed by atoms with Gasteiger partial charge in [0, 0.05) is 0 Å². The van der Waals surface area contributed by atoms with Crippen molar-refractivity contribution in [1.82, 2.24) is 0 Å². The van der Waals surface area contributed by atoms with E-state index >= 15 is 0 Å². The molecule has 0 amide bonds. The standard InChI is InChI=1S/2C13H9.C2H4.2CH3.Zr/c2*1-3-7-12-10(5-1)9-11-6-2-4-8-13(11)12;1-2;;;/h2*1-5,7-8H,9H2;1H,2H3;2*1H3;. The quantitative estimate of drug-likeness (QED) is 0.270. The summed E-state index contributed by atoms with van der Waals surface area (Å²) in [5, 5.41) is 0. The minimum absolute atomic E-state index is 1.07. The van der Waals surface area contributed by atoms with Crippen molar-refractivity contribution < 1.29 is 18.3 Å². The number of hydrogen-bond donors (Lipinski definition) is 0. The summed E-state index contributed by atoms with van der Waals surface area (Å²) < 4.78 is 11.2.